The molecule has 4 aromatic rings. The quantitative estimate of drug-likeness (QED) is 0.402. The van der Waals surface area contributed by atoms with E-state index >= 15 is 0 Å². The van der Waals surface area contributed by atoms with E-state index < -0.39 is 10.8 Å². The van der Waals surface area contributed by atoms with Crippen molar-refractivity contribution in [2.24, 2.45) is 0 Å². The van der Waals surface area contributed by atoms with Crippen molar-refractivity contribution in [3.8, 4) is 11.5 Å². The fraction of sp³-hybridized carbons (Fsp3) is 0.0476. The van der Waals surface area contributed by atoms with Crippen LogP contribution in [-0.2, 0) is 0 Å². The lowest BCUT2D eigenvalue weighted by Gasteiger charge is -2.08. The fourth-order valence-corrected chi connectivity index (χ4v) is 2.99. The maximum Gasteiger partial charge on any atom is 0.273 e. The van der Waals surface area contributed by atoms with E-state index in [-0.39, 0.29) is 11.3 Å². The number of amides is 1. The monoisotopic (exact) mass is 373 g/mol. The SMILES string of the molecule is Cc1c(C(=O)Nc2cccc(-c3nc4ccccc4o3)c2)cccc1[N+](=O)[O-]. The molecule has 138 valence electrons. The Morgan fingerprint density at radius 3 is 2.64 bits per heavy atom. The summed E-state index contributed by atoms with van der Waals surface area (Å²) in [5, 5.41) is 13.9. The summed E-state index contributed by atoms with van der Waals surface area (Å²) in [6, 6.07) is 19.0. The van der Waals surface area contributed by atoms with Crippen LogP contribution in [0.15, 0.2) is 71.1 Å². The Hall–Kier alpha value is -4.00. The third-order valence-electron chi connectivity index (χ3n) is 4.41. The van der Waals surface area contributed by atoms with Crippen molar-refractivity contribution in [3.63, 3.8) is 0 Å². The van der Waals surface area contributed by atoms with Crippen LogP contribution in [0.2, 0.25) is 0 Å². The molecule has 0 aliphatic rings. The van der Waals surface area contributed by atoms with Gasteiger partial charge in [0, 0.05) is 28.4 Å². The zero-order valence-electron chi connectivity index (χ0n) is 14.9. The molecule has 0 saturated carbocycles. The Morgan fingerprint density at radius 1 is 1.07 bits per heavy atom. The van der Waals surface area contributed by atoms with Gasteiger partial charge in [-0.05, 0) is 43.3 Å². The predicted octanol–water partition coefficient (Wildman–Crippen LogP) is 4.96. The van der Waals surface area contributed by atoms with Gasteiger partial charge in [0.15, 0.2) is 5.58 Å². The van der Waals surface area contributed by atoms with Gasteiger partial charge in [-0.1, -0.05) is 24.3 Å². The van der Waals surface area contributed by atoms with Gasteiger partial charge in [0.1, 0.15) is 5.52 Å². The number of carbonyl (C=O) groups is 1. The molecule has 1 aromatic heterocycles. The summed E-state index contributed by atoms with van der Waals surface area (Å²) in [5.41, 5.74) is 3.16. The predicted molar refractivity (Wildman–Crippen MR) is 105 cm³/mol. The number of anilines is 1. The van der Waals surface area contributed by atoms with Crippen LogP contribution < -0.4 is 5.32 Å². The number of fused-ring (bicyclic) bond motifs is 1. The third kappa shape index (κ3) is 3.21. The molecule has 0 unspecified atom stereocenters. The van der Waals surface area contributed by atoms with Crippen molar-refractivity contribution in [2.45, 2.75) is 6.92 Å². The molecule has 0 radical (unpaired) electrons. The summed E-state index contributed by atoms with van der Waals surface area (Å²) in [7, 11) is 0. The highest BCUT2D eigenvalue weighted by Crippen LogP contribution is 2.27. The Balaban J connectivity index is 1.63. The number of hydrogen-bond donors (Lipinski definition) is 1. The third-order valence-corrected chi connectivity index (χ3v) is 4.41. The molecule has 1 amide bonds. The Labute approximate surface area is 159 Å². The van der Waals surface area contributed by atoms with Crippen LogP contribution in [0.1, 0.15) is 15.9 Å². The molecule has 3 aromatic carbocycles. The maximum atomic E-state index is 12.6. The number of nitrogens with zero attached hydrogens (tertiary/aromatic N) is 2. The summed E-state index contributed by atoms with van der Waals surface area (Å²) >= 11 is 0. The minimum Gasteiger partial charge on any atom is -0.436 e. The second kappa shape index (κ2) is 6.96. The largest absolute Gasteiger partial charge is 0.436 e. The lowest BCUT2D eigenvalue weighted by atomic mass is 10.1. The highest BCUT2D eigenvalue weighted by molar-refractivity contribution is 6.06. The molecule has 4 rings (SSSR count). The fourth-order valence-electron chi connectivity index (χ4n) is 2.99. The minimum absolute atomic E-state index is 0.0899. The van der Waals surface area contributed by atoms with Crippen molar-refractivity contribution >= 4 is 28.4 Å². The number of aromatic nitrogens is 1. The normalized spacial score (nSPS) is 10.8. The molecule has 7 nitrogen and oxygen atoms in total. The van der Waals surface area contributed by atoms with Gasteiger partial charge >= 0.3 is 0 Å². The van der Waals surface area contributed by atoms with Crippen molar-refractivity contribution in [2.75, 3.05) is 5.32 Å². The van der Waals surface area contributed by atoms with Crippen molar-refractivity contribution in [1.29, 1.82) is 0 Å². The van der Waals surface area contributed by atoms with Gasteiger partial charge < -0.3 is 9.73 Å². The zero-order chi connectivity index (χ0) is 19.7. The molecular formula is C21H15N3O4. The number of para-hydroxylation sites is 2. The molecule has 7 heteroatoms. The first kappa shape index (κ1) is 17.4. The van der Waals surface area contributed by atoms with Gasteiger partial charge in [-0.15, -0.1) is 0 Å². The van der Waals surface area contributed by atoms with Crippen LogP contribution in [0.5, 0.6) is 0 Å². The highest BCUT2D eigenvalue weighted by Gasteiger charge is 2.18. The number of nitro benzene ring substituents is 1. The van der Waals surface area contributed by atoms with Gasteiger partial charge in [0.25, 0.3) is 11.6 Å². The van der Waals surface area contributed by atoms with Gasteiger partial charge in [-0.25, -0.2) is 4.98 Å². The summed E-state index contributed by atoms with van der Waals surface area (Å²) in [4.78, 5) is 27.7. The molecule has 1 heterocycles. The number of carbonyl (C=O) groups excluding carboxylic acids is 1. The van der Waals surface area contributed by atoms with E-state index in [0.717, 1.165) is 5.52 Å². The molecule has 0 atom stereocenters. The Morgan fingerprint density at radius 2 is 1.86 bits per heavy atom. The Kier molecular flexibility index (Phi) is 4.33. The van der Waals surface area contributed by atoms with Gasteiger partial charge in [0.2, 0.25) is 5.89 Å². The first-order valence-corrected chi connectivity index (χ1v) is 8.54. The number of rotatable bonds is 4. The first-order valence-electron chi connectivity index (χ1n) is 8.54. The van der Waals surface area contributed by atoms with E-state index in [9.17, 15) is 14.9 Å². The average molecular weight is 373 g/mol. The topological polar surface area (TPSA) is 98.3 Å². The molecule has 0 spiro atoms. The van der Waals surface area contributed by atoms with Crippen LogP contribution in [0.25, 0.3) is 22.6 Å². The van der Waals surface area contributed by atoms with Crippen LogP contribution in [-0.4, -0.2) is 15.8 Å². The van der Waals surface area contributed by atoms with Crippen LogP contribution in [0.4, 0.5) is 11.4 Å². The molecule has 28 heavy (non-hydrogen) atoms. The smallest absolute Gasteiger partial charge is 0.273 e. The minimum atomic E-state index is -0.500. The maximum absolute atomic E-state index is 12.6. The van der Waals surface area contributed by atoms with Crippen LogP contribution >= 0.6 is 0 Å². The molecule has 0 aliphatic carbocycles. The van der Waals surface area contributed by atoms with E-state index in [1.165, 1.54) is 12.1 Å². The van der Waals surface area contributed by atoms with E-state index in [1.807, 2.05) is 30.3 Å². The van der Waals surface area contributed by atoms with Gasteiger partial charge in [-0.2, -0.15) is 0 Å². The van der Waals surface area contributed by atoms with Gasteiger partial charge in [0.05, 0.1) is 4.92 Å². The number of nitrogens with one attached hydrogen (secondary N) is 1. The molecule has 0 bridgehead atoms. The molecular weight excluding hydrogens is 358 g/mol. The van der Waals surface area contributed by atoms with Crippen molar-refractivity contribution in [3.05, 3.63) is 88.0 Å². The number of oxazole rings is 1. The lowest BCUT2D eigenvalue weighted by molar-refractivity contribution is -0.385. The van der Waals surface area contributed by atoms with Gasteiger partial charge in [-0.3, -0.25) is 14.9 Å². The standard InChI is InChI=1S/C21H15N3O4/c1-13-16(8-5-10-18(13)24(26)27)20(25)22-15-7-4-6-14(12-15)21-23-17-9-2-3-11-19(17)28-21/h2-12H,1H3,(H,22,25). The van der Waals surface area contributed by atoms with E-state index in [4.69, 9.17) is 4.42 Å². The van der Waals surface area contributed by atoms with E-state index in [0.29, 0.717) is 28.3 Å². The zero-order valence-corrected chi connectivity index (χ0v) is 14.9. The van der Waals surface area contributed by atoms with E-state index in [1.54, 1.807) is 31.2 Å². The second-order valence-electron chi connectivity index (χ2n) is 6.23. The lowest BCUT2D eigenvalue weighted by Crippen LogP contribution is -2.14. The molecule has 0 fully saturated rings. The number of nitro groups is 1. The molecule has 0 saturated heterocycles. The summed E-state index contributed by atoms with van der Waals surface area (Å²) in [6.07, 6.45) is 0. The summed E-state index contributed by atoms with van der Waals surface area (Å²) in [5.74, 6) is 0.0275. The molecule has 0 aliphatic heterocycles. The first-order chi connectivity index (χ1) is 13.5. The number of hydrogen-bond acceptors (Lipinski definition) is 5. The van der Waals surface area contributed by atoms with Crippen LogP contribution in [0, 0.1) is 17.0 Å². The van der Waals surface area contributed by atoms with Crippen molar-refractivity contribution in [1.82, 2.24) is 4.98 Å². The van der Waals surface area contributed by atoms with Crippen LogP contribution in [0.3, 0.4) is 0 Å². The van der Waals surface area contributed by atoms with Crippen molar-refractivity contribution < 1.29 is 14.1 Å². The summed E-state index contributed by atoms with van der Waals surface area (Å²) in [6.45, 7) is 1.56. The highest BCUT2D eigenvalue weighted by atomic mass is 16.6. The molecule has 1 N–H and O–H groups in total. The number of benzene rings is 3. The second-order valence-corrected chi connectivity index (χ2v) is 6.23. The average Bonchev–Trinajstić information content (AvgIpc) is 3.12. The Bertz CT molecular complexity index is 1180. The van der Waals surface area contributed by atoms with E-state index in [2.05, 4.69) is 10.3 Å². The summed E-state index contributed by atoms with van der Waals surface area (Å²) < 4.78 is 5.76.